The Labute approximate surface area is 109 Å². The Bertz CT molecular complexity index is 478. The lowest BCUT2D eigenvalue weighted by Crippen LogP contribution is -2.18. The van der Waals surface area contributed by atoms with Gasteiger partial charge in [-0.1, -0.05) is 0 Å². The molecule has 19 heavy (non-hydrogen) atoms. The number of benzene rings is 1. The van der Waals surface area contributed by atoms with Gasteiger partial charge in [0.25, 0.3) is 0 Å². The summed E-state index contributed by atoms with van der Waals surface area (Å²) in [5, 5.41) is 17.8. The van der Waals surface area contributed by atoms with E-state index in [0.29, 0.717) is 6.42 Å². The van der Waals surface area contributed by atoms with Crippen molar-refractivity contribution < 1.29 is 23.0 Å². The topological polar surface area (TPSA) is 53.2 Å². The van der Waals surface area contributed by atoms with Gasteiger partial charge < -0.3 is 9.84 Å². The van der Waals surface area contributed by atoms with E-state index in [1.54, 1.807) is 13.8 Å². The Morgan fingerprint density at radius 2 is 2.00 bits per heavy atom. The quantitative estimate of drug-likeness (QED) is 0.917. The minimum Gasteiger partial charge on any atom is -0.491 e. The number of aliphatic hydroxyl groups excluding tert-OH is 1. The number of alkyl halides is 3. The molecule has 0 aliphatic rings. The maximum atomic E-state index is 12.7. The van der Waals surface area contributed by atoms with Crippen LogP contribution in [0.4, 0.5) is 13.2 Å². The Morgan fingerprint density at radius 3 is 2.47 bits per heavy atom. The van der Waals surface area contributed by atoms with Gasteiger partial charge in [-0.05, 0) is 32.0 Å². The standard InChI is InChI=1S/C13H14F3NO2/c1-8(18)5-9(2)19-11-4-3-10(7-17)12(6-11)13(14,15)16/h3-4,6,8-9,18H,5H2,1-2H3. The first-order valence-electron chi connectivity index (χ1n) is 5.70. The summed E-state index contributed by atoms with van der Waals surface area (Å²) < 4.78 is 43.4. The fraction of sp³-hybridized carbons (Fsp3) is 0.462. The minimum absolute atomic E-state index is 0.0273. The van der Waals surface area contributed by atoms with E-state index in [1.165, 1.54) is 12.1 Å². The Hall–Kier alpha value is -1.74. The van der Waals surface area contributed by atoms with Gasteiger partial charge in [0.05, 0.1) is 29.4 Å². The molecule has 0 saturated heterocycles. The van der Waals surface area contributed by atoms with Gasteiger partial charge in [0, 0.05) is 6.42 Å². The summed E-state index contributed by atoms with van der Waals surface area (Å²) in [4.78, 5) is 0. The molecule has 1 N–H and O–H groups in total. The van der Waals surface area contributed by atoms with Crippen molar-refractivity contribution in [2.45, 2.75) is 38.7 Å². The molecular weight excluding hydrogens is 259 g/mol. The highest BCUT2D eigenvalue weighted by Crippen LogP contribution is 2.34. The normalized spacial score (nSPS) is 14.6. The van der Waals surface area contributed by atoms with E-state index in [-0.39, 0.29) is 5.75 Å². The third kappa shape index (κ3) is 4.45. The van der Waals surface area contributed by atoms with Crippen LogP contribution in [-0.2, 0) is 6.18 Å². The van der Waals surface area contributed by atoms with Crippen LogP contribution in [0.25, 0.3) is 0 Å². The Balaban J connectivity index is 2.97. The van der Waals surface area contributed by atoms with Crippen molar-refractivity contribution in [2.75, 3.05) is 0 Å². The molecule has 0 saturated carbocycles. The van der Waals surface area contributed by atoms with E-state index in [1.807, 2.05) is 0 Å². The van der Waals surface area contributed by atoms with Crippen molar-refractivity contribution in [3.63, 3.8) is 0 Å². The molecule has 0 heterocycles. The molecule has 1 aromatic rings. The SMILES string of the molecule is CC(O)CC(C)Oc1ccc(C#N)c(C(F)(F)F)c1. The van der Waals surface area contributed by atoms with Crippen molar-refractivity contribution in [3.05, 3.63) is 29.3 Å². The number of nitriles is 1. The van der Waals surface area contributed by atoms with E-state index < -0.39 is 29.5 Å². The summed E-state index contributed by atoms with van der Waals surface area (Å²) in [5.74, 6) is 0.0273. The molecule has 0 amide bonds. The van der Waals surface area contributed by atoms with Gasteiger partial charge in [-0.25, -0.2) is 0 Å². The number of hydrogen-bond acceptors (Lipinski definition) is 3. The molecule has 104 valence electrons. The zero-order valence-corrected chi connectivity index (χ0v) is 10.5. The number of aliphatic hydroxyl groups is 1. The van der Waals surface area contributed by atoms with Crippen LogP contribution < -0.4 is 4.74 Å². The average molecular weight is 273 g/mol. The van der Waals surface area contributed by atoms with E-state index in [2.05, 4.69) is 0 Å². The maximum absolute atomic E-state index is 12.7. The molecule has 0 radical (unpaired) electrons. The van der Waals surface area contributed by atoms with E-state index >= 15 is 0 Å². The first-order chi connectivity index (χ1) is 8.74. The van der Waals surface area contributed by atoms with Gasteiger partial charge in [-0.15, -0.1) is 0 Å². The molecule has 6 heteroatoms. The zero-order chi connectivity index (χ0) is 14.6. The van der Waals surface area contributed by atoms with Crippen LogP contribution in [0.5, 0.6) is 5.75 Å². The second-order valence-corrected chi connectivity index (χ2v) is 4.33. The monoisotopic (exact) mass is 273 g/mol. The smallest absolute Gasteiger partial charge is 0.417 e. The van der Waals surface area contributed by atoms with Gasteiger partial charge in [0.2, 0.25) is 0 Å². The van der Waals surface area contributed by atoms with Crippen LogP contribution in [0.1, 0.15) is 31.4 Å². The maximum Gasteiger partial charge on any atom is 0.417 e. The van der Waals surface area contributed by atoms with E-state index in [0.717, 1.165) is 12.1 Å². The zero-order valence-electron chi connectivity index (χ0n) is 10.5. The highest BCUT2D eigenvalue weighted by atomic mass is 19.4. The second kappa shape index (κ2) is 5.93. The van der Waals surface area contributed by atoms with Gasteiger partial charge in [-0.2, -0.15) is 18.4 Å². The number of ether oxygens (including phenoxy) is 1. The molecule has 0 aliphatic carbocycles. The number of halogens is 3. The van der Waals surface area contributed by atoms with Crippen molar-refractivity contribution >= 4 is 0 Å². The molecule has 0 bridgehead atoms. The molecule has 1 rings (SSSR count). The van der Waals surface area contributed by atoms with Crippen LogP contribution in [0.15, 0.2) is 18.2 Å². The second-order valence-electron chi connectivity index (χ2n) is 4.33. The number of rotatable bonds is 4. The van der Waals surface area contributed by atoms with Gasteiger partial charge in [-0.3, -0.25) is 0 Å². The molecule has 3 nitrogen and oxygen atoms in total. The first kappa shape index (κ1) is 15.3. The van der Waals surface area contributed by atoms with Crippen LogP contribution in [-0.4, -0.2) is 17.3 Å². The summed E-state index contributed by atoms with van der Waals surface area (Å²) in [6.45, 7) is 3.22. The highest BCUT2D eigenvalue weighted by Gasteiger charge is 2.34. The predicted octanol–water partition coefficient (Wildman–Crippen LogP) is 3.12. The lowest BCUT2D eigenvalue weighted by Gasteiger charge is -2.17. The predicted molar refractivity (Wildman–Crippen MR) is 62.5 cm³/mol. The number of hydrogen-bond donors (Lipinski definition) is 1. The Morgan fingerprint density at radius 1 is 1.37 bits per heavy atom. The van der Waals surface area contributed by atoms with Crippen molar-refractivity contribution in [2.24, 2.45) is 0 Å². The van der Waals surface area contributed by atoms with Gasteiger partial charge >= 0.3 is 6.18 Å². The average Bonchev–Trinajstić information content (AvgIpc) is 2.26. The first-order valence-corrected chi connectivity index (χ1v) is 5.70. The molecule has 0 fully saturated rings. The van der Waals surface area contributed by atoms with Crippen molar-refractivity contribution in [3.8, 4) is 11.8 Å². The van der Waals surface area contributed by atoms with Crippen LogP contribution >= 0.6 is 0 Å². The van der Waals surface area contributed by atoms with E-state index in [4.69, 9.17) is 15.1 Å². The molecular formula is C13H14F3NO2. The summed E-state index contributed by atoms with van der Waals surface area (Å²) in [5.41, 5.74) is -1.46. The summed E-state index contributed by atoms with van der Waals surface area (Å²) in [7, 11) is 0. The van der Waals surface area contributed by atoms with Gasteiger partial charge in [0.1, 0.15) is 5.75 Å². The summed E-state index contributed by atoms with van der Waals surface area (Å²) in [6, 6.07) is 4.69. The highest BCUT2D eigenvalue weighted by molar-refractivity contribution is 5.44. The molecule has 2 atom stereocenters. The van der Waals surface area contributed by atoms with Crippen molar-refractivity contribution in [1.82, 2.24) is 0 Å². The van der Waals surface area contributed by atoms with Crippen molar-refractivity contribution in [1.29, 1.82) is 5.26 Å². The minimum atomic E-state index is -4.60. The lowest BCUT2D eigenvalue weighted by atomic mass is 10.1. The summed E-state index contributed by atoms with van der Waals surface area (Å²) in [6.07, 6.45) is -5.32. The van der Waals surface area contributed by atoms with Crippen LogP contribution in [0.2, 0.25) is 0 Å². The molecule has 2 unspecified atom stereocenters. The summed E-state index contributed by atoms with van der Waals surface area (Å²) >= 11 is 0. The van der Waals surface area contributed by atoms with E-state index in [9.17, 15) is 13.2 Å². The Kier molecular flexibility index (Phi) is 4.78. The third-order valence-electron chi connectivity index (χ3n) is 2.43. The fourth-order valence-electron chi connectivity index (χ4n) is 1.69. The molecule has 0 aromatic heterocycles. The lowest BCUT2D eigenvalue weighted by molar-refractivity contribution is -0.137. The molecule has 0 aliphatic heterocycles. The number of nitrogens with zero attached hydrogens (tertiary/aromatic N) is 1. The third-order valence-corrected chi connectivity index (χ3v) is 2.43. The van der Waals surface area contributed by atoms with Crippen LogP contribution in [0.3, 0.4) is 0 Å². The molecule has 0 spiro atoms. The fourth-order valence-corrected chi connectivity index (χ4v) is 1.69. The molecule has 1 aromatic carbocycles. The van der Waals surface area contributed by atoms with Crippen LogP contribution in [0, 0.1) is 11.3 Å². The van der Waals surface area contributed by atoms with Gasteiger partial charge in [0.15, 0.2) is 0 Å². The largest absolute Gasteiger partial charge is 0.491 e.